The monoisotopic (exact) mass is 454 g/mol. The molecule has 0 atom stereocenters. The number of sulfonamides is 1. The van der Waals surface area contributed by atoms with Crippen molar-refractivity contribution in [3.8, 4) is 28.3 Å². The normalized spacial score (nSPS) is 11.5. The van der Waals surface area contributed by atoms with Gasteiger partial charge >= 0.3 is 0 Å². The molecule has 4 aromatic rings. The second-order valence-corrected chi connectivity index (χ2v) is 8.86. The highest BCUT2D eigenvalue weighted by atomic mass is 35.5. The van der Waals surface area contributed by atoms with Gasteiger partial charge in [-0.3, -0.25) is 0 Å². The first-order valence-electron chi connectivity index (χ1n) is 9.36. The maximum atomic E-state index is 11.6. The molecule has 1 heterocycles. The van der Waals surface area contributed by atoms with Gasteiger partial charge in [0, 0.05) is 22.6 Å². The molecule has 0 saturated carbocycles. The predicted molar refractivity (Wildman–Crippen MR) is 120 cm³/mol. The number of oxazole rings is 1. The number of ether oxygens (including phenoxy) is 1. The van der Waals surface area contributed by atoms with Gasteiger partial charge < -0.3 is 9.15 Å². The number of hydrogen-bond donors (Lipinski definition) is 1. The van der Waals surface area contributed by atoms with E-state index < -0.39 is 10.0 Å². The van der Waals surface area contributed by atoms with Gasteiger partial charge in [0.1, 0.15) is 11.4 Å². The van der Waals surface area contributed by atoms with Crippen LogP contribution < -0.4 is 9.88 Å². The highest BCUT2D eigenvalue weighted by Crippen LogP contribution is 2.39. The zero-order valence-corrected chi connectivity index (χ0v) is 18.2. The van der Waals surface area contributed by atoms with Gasteiger partial charge in [-0.1, -0.05) is 41.9 Å². The van der Waals surface area contributed by atoms with Gasteiger partial charge in [0.15, 0.2) is 11.7 Å². The Labute approximate surface area is 185 Å². The Kier molecular flexibility index (Phi) is 5.82. The number of nitrogens with two attached hydrogens (primary N) is 1. The minimum atomic E-state index is -3.80. The number of hydrogen-bond acceptors (Lipinski definition) is 5. The van der Waals surface area contributed by atoms with Crippen LogP contribution in [0.3, 0.4) is 0 Å². The van der Waals surface area contributed by atoms with E-state index in [1.165, 1.54) is 12.1 Å². The number of methoxy groups -OCH3 is 1. The smallest absolute Gasteiger partial charge is 0.238 e. The Hall–Kier alpha value is -3.13. The van der Waals surface area contributed by atoms with Crippen molar-refractivity contribution in [3.05, 3.63) is 89.3 Å². The van der Waals surface area contributed by atoms with Crippen LogP contribution in [0.4, 0.5) is 0 Å². The van der Waals surface area contributed by atoms with E-state index in [1.807, 2.05) is 36.4 Å². The topological polar surface area (TPSA) is 95.4 Å². The summed E-state index contributed by atoms with van der Waals surface area (Å²) in [6, 6.07) is 21.3. The molecule has 0 saturated heterocycles. The lowest BCUT2D eigenvalue weighted by Gasteiger charge is -2.08. The number of primary sulfonamides is 1. The van der Waals surface area contributed by atoms with Gasteiger partial charge in [-0.25, -0.2) is 18.5 Å². The third-order valence-corrected chi connectivity index (χ3v) is 5.90. The van der Waals surface area contributed by atoms with E-state index in [2.05, 4.69) is 0 Å². The van der Waals surface area contributed by atoms with Crippen LogP contribution in [-0.2, 0) is 16.4 Å². The average Bonchev–Trinajstić information content (AvgIpc) is 3.17. The van der Waals surface area contributed by atoms with Crippen molar-refractivity contribution < 1.29 is 17.6 Å². The molecule has 0 unspecified atom stereocenters. The summed E-state index contributed by atoms with van der Waals surface area (Å²) in [6.45, 7) is 0. The van der Waals surface area contributed by atoms with E-state index in [0.29, 0.717) is 45.7 Å². The third-order valence-electron chi connectivity index (χ3n) is 4.73. The first-order valence-corrected chi connectivity index (χ1v) is 11.3. The van der Waals surface area contributed by atoms with Crippen LogP contribution in [0, 0.1) is 0 Å². The first kappa shape index (κ1) is 21.1. The lowest BCUT2D eigenvalue weighted by molar-refractivity contribution is 0.416. The molecule has 0 aliphatic carbocycles. The molecule has 0 spiro atoms. The molecule has 0 aliphatic heterocycles. The fraction of sp³-hybridized carbons (Fsp3) is 0.0870. The predicted octanol–water partition coefficient (Wildman–Crippen LogP) is 4.91. The maximum absolute atomic E-state index is 11.6. The van der Waals surface area contributed by atoms with E-state index in [4.69, 9.17) is 30.9 Å². The van der Waals surface area contributed by atoms with E-state index >= 15 is 0 Å². The fourth-order valence-electron chi connectivity index (χ4n) is 3.25. The van der Waals surface area contributed by atoms with Crippen molar-refractivity contribution in [2.75, 3.05) is 7.11 Å². The van der Waals surface area contributed by atoms with E-state index in [9.17, 15) is 8.42 Å². The lowest BCUT2D eigenvalue weighted by atomic mass is 10.0. The number of halogens is 1. The van der Waals surface area contributed by atoms with E-state index in [0.717, 1.165) is 5.56 Å². The molecule has 0 aliphatic rings. The summed E-state index contributed by atoms with van der Waals surface area (Å²) in [5.41, 5.74) is 2.99. The van der Waals surface area contributed by atoms with Crippen molar-refractivity contribution >= 4 is 21.6 Å². The number of benzene rings is 3. The number of rotatable bonds is 6. The van der Waals surface area contributed by atoms with Crippen LogP contribution in [0.2, 0.25) is 5.02 Å². The Morgan fingerprint density at radius 3 is 2.39 bits per heavy atom. The van der Waals surface area contributed by atoms with Crippen molar-refractivity contribution in [1.82, 2.24) is 4.98 Å². The van der Waals surface area contributed by atoms with Gasteiger partial charge in [-0.2, -0.15) is 0 Å². The highest BCUT2D eigenvalue weighted by Gasteiger charge is 2.21. The van der Waals surface area contributed by atoms with Crippen molar-refractivity contribution in [3.63, 3.8) is 0 Å². The first-order chi connectivity index (χ1) is 14.8. The second kappa shape index (κ2) is 8.55. The fourth-order valence-corrected chi connectivity index (χ4v) is 3.92. The van der Waals surface area contributed by atoms with Gasteiger partial charge in [0.25, 0.3) is 0 Å². The van der Waals surface area contributed by atoms with E-state index in [-0.39, 0.29) is 4.90 Å². The molecule has 3 aromatic carbocycles. The van der Waals surface area contributed by atoms with Crippen molar-refractivity contribution in [1.29, 1.82) is 0 Å². The van der Waals surface area contributed by atoms with Crippen LogP contribution in [0.15, 0.2) is 82.1 Å². The Bertz CT molecular complexity index is 1320. The Balaban J connectivity index is 1.84. The molecule has 1 aromatic heterocycles. The quantitative estimate of drug-likeness (QED) is 0.446. The van der Waals surface area contributed by atoms with Crippen molar-refractivity contribution in [2.45, 2.75) is 11.3 Å². The number of nitrogens with zero attached hydrogens (tertiary/aromatic N) is 1. The van der Waals surface area contributed by atoms with Crippen LogP contribution in [0.25, 0.3) is 22.6 Å². The van der Waals surface area contributed by atoms with Crippen LogP contribution in [0.1, 0.15) is 11.5 Å². The molecule has 0 radical (unpaired) electrons. The largest absolute Gasteiger partial charge is 0.496 e. The van der Waals surface area contributed by atoms with Crippen LogP contribution >= 0.6 is 11.6 Å². The van der Waals surface area contributed by atoms with Crippen molar-refractivity contribution in [2.24, 2.45) is 5.14 Å². The standard InChI is InChI=1S/C23H19ClN2O4S/c1-29-20-14-17(24)9-12-19(20)22-23(16-7-10-18(11-8-16)31(25,27)28)30-21(26-22)13-15-5-3-2-4-6-15/h2-12,14H,13H2,1H3,(H2,25,27,28). The van der Waals surface area contributed by atoms with Gasteiger partial charge in [-0.15, -0.1) is 0 Å². The molecule has 8 heteroatoms. The zero-order valence-electron chi connectivity index (χ0n) is 16.6. The molecular weight excluding hydrogens is 436 g/mol. The molecule has 4 rings (SSSR count). The molecule has 0 bridgehead atoms. The molecule has 2 N–H and O–H groups in total. The third kappa shape index (κ3) is 4.64. The highest BCUT2D eigenvalue weighted by molar-refractivity contribution is 7.89. The summed E-state index contributed by atoms with van der Waals surface area (Å²) >= 11 is 6.12. The minimum absolute atomic E-state index is 0.0193. The maximum Gasteiger partial charge on any atom is 0.238 e. The lowest BCUT2D eigenvalue weighted by Crippen LogP contribution is -2.11. The molecule has 31 heavy (non-hydrogen) atoms. The number of aromatic nitrogens is 1. The van der Waals surface area contributed by atoms with Gasteiger partial charge in [-0.05, 0) is 48.0 Å². The van der Waals surface area contributed by atoms with Crippen LogP contribution in [0.5, 0.6) is 5.75 Å². The second-order valence-electron chi connectivity index (χ2n) is 6.86. The molecule has 0 amide bonds. The summed E-state index contributed by atoms with van der Waals surface area (Å²) < 4.78 is 34.8. The molecular formula is C23H19ClN2O4S. The zero-order chi connectivity index (χ0) is 22.0. The SMILES string of the molecule is COc1cc(Cl)ccc1-c1nc(Cc2ccccc2)oc1-c1ccc(S(N)(=O)=O)cc1. The Morgan fingerprint density at radius 1 is 1.03 bits per heavy atom. The minimum Gasteiger partial charge on any atom is -0.496 e. The van der Waals surface area contributed by atoms with Crippen LogP contribution in [-0.4, -0.2) is 20.5 Å². The van der Waals surface area contributed by atoms with Gasteiger partial charge in [0.2, 0.25) is 10.0 Å². The summed E-state index contributed by atoms with van der Waals surface area (Å²) in [5, 5.41) is 5.75. The summed E-state index contributed by atoms with van der Waals surface area (Å²) in [5.74, 6) is 1.56. The summed E-state index contributed by atoms with van der Waals surface area (Å²) in [4.78, 5) is 4.75. The summed E-state index contributed by atoms with van der Waals surface area (Å²) in [6.07, 6.45) is 0.499. The molecule has 158 valence electrons. The van der Waals surface area contributed by atoms with E-state index in [1.54, 1.807) is 31.4 Å². The molecule has 6 nitrogen and oxygen atoms in total. The Morgan fingerprint density at radius 2 is 1.74 bits per heavy atom. The molecule has 0 fully saturated rings. The van der Waals surface area contributed by atoms with Gasteiger partial charge in [0.05, 0.1) is 12.0 Å². The average molecular weight is 455 g/mol. The summed E-state index contributed by atoms with van der Waals surface area (Å²) in [7, 11) is -2.24.